The molecule has 2 rings (SSSR count). The van der Waals surface area contributed by atoms with Gasteiger partial charge in [-0.3, -0.25) is 9.59 Å². The first-order valence-corrected chi connectivity index (χ1v) is 10.6. The predicted molar refractivity (Wildman–Crippen MR) is 112 cm³/mol. The molecule has 0 heterocycles. The Labute approximate surface area is 170 Å². The van der Waals surface area contributed by atoms with Crippen molar-refractivity contribution in [3.05, 3.63) is 71.5 Å². The molecule has 1 N–H and O–H groups in total. The molecule has 0 aliphatic heterocycles. The molecule has 6 heteroatoms. The molecule has 0 saturated carbocycles. The molecular formula is C22H27FN2O2S. The van der Waals surface area contributed by atoms with E-state index < -0.39 is 6.04 Å². The van der Waals surface area contributed by atoms with Gasteiger partial charge in [0.2, 0.25) is 11.8 Å². The predicted octanol–water partition coefficient (Wildman–Crippen LogP) is 4.00. The second-order valence-corrected chi connectivity index (χ2v) is 7.54. The molecule has 2 aromatic rings. The second kappa shape index (κ2) is 11.5. The van der Waals surface area contributed by atoms with E-state index in [9.17, 15) is 14.0 Å². The maximum Gasteiger partial charge on any atom is 0.242 e. The van der Waals surface area contributed by atoms with E-state index >= 15 is 0 Å². The minimum Gasteiger partial charge on any atom is -0.354 e. The summed E-state index contributed by atoms with van der Waals surface area (Å²) >= 11 is 1.35. The third kappa shape index (κ3) is 6.68. The fraction of sp³-hybridized carbons (Fsp3) is 0.364. The van der Waals surface area contributed by atoms with Crippen molar-refractivity contribution in [3.63, 3.8) is 0 Å². The molecule has 1 atom stereocenters. The van der Waals surface area contributed by atoms with Crippen LogP contribution in [0, 0.1) is 5.82 Å². The second-order valence-electron chi connectivity index (χ2n) is 6.56. The smallest absolute Gasteiger partial charge is 0.242 e. The van der Waals surface area contributed by atoms with Crippen LogP contribution in [0.25, 0.3) is 0 Å². The lowest BCUT2D eigenvalue weighted by Crippen LogP contribution is -2.48. The number of rotatable bonds is 10. The molecule has 0 bridgehead atoms. The molecule has 0 fully saturated rings. The Kier molecular flexibility index (Phi) is 9.01. The zero-order chi connectivity index (χ0) is 20.4. The summed E-state index contributed by atoms with van der Waals surface area (Å²) in [6.07, 6.45) is 0.837. The monoisotopic (exact) mass is 402 g/mol. The Morgan fingerprint density at radius 2 is 1.79 bits per heavy atom. The van der Waals surface area contributed by atoms with Crippen molar-refractivity contribution in [2.24, 2.45) is 0 Å². The van der Waals surface area contributed by atoms with Gasteiger partial charge in [-0.2, -0.15) is 0 Å². The SMILES string of the molecule is CCCNC(=O)C(C)N(Cc1ccccc1)C(=O)CSCc1ccccc1F. The van der Waals surface area contributed by atoms with Crippen molar-refractivity contribution >= 4 is 23.6 Å². The summed E-state index contributed by atoms with van der Waals surface area (Å²) in [6.45, 7) is 4.67. The minimum atomic E-state index is -0.576. The molecule has 4 nitrogen and oxygen atoms in total. The summed E-state index contributed by atoms with van der Waals surface area (Å²) in [7, 11) is 0. The van der Waals surface area contributed by atoms with Gasteiger partial charge in [0, 0.05) is 18.8 Å². The van der Waals surface area contributed by atoms with Gasteiger partial charge < -0.3 is 10.2 Å². The molecule has 2 aromatic carbocycles. The van der Waals surface area contributed by atoms with Crippen LogP contribution < -0.4 is 5.32 Å². The lowest BCUT2D eigenvalue weighted by atomic mass is 10.1. The molecule has 0 saturated heterocycles. The third-order valence-electron chi connectivity index (χ3n) is 4.35. The molecule has 0 aromatic heterocycles. The van der Waals surface area contributed by atoms with E-state index in [1.54, 1.807) is 30.0 Å². The molecule has 28 heavy (non-hydrogen) atoms. The van der Waals surface area contributed by atoms with Gasteiger partial charge in [0.25, 0.3) is 0 Å². The van der Waals surface area contributed by atoms with Crippen LogP contribution in [0.4, 0.5) is 4.39 Å². The Bertz CT molecular complexity index is 770. The highest BCUT2D eigenvalue weighted by molar-refractivity contribution is 7.99. The highest BCUT2D eigenvalue weighted by atomic mass is 32.2. The molecule has 0 spiro atoms. The van der Waals surface area contributed by atoms with Crippen LogP contribution in [0.15, 0.2) is 54.6 Å². The van der Waals surface area contributed by atoms with Gasteiger partial charge in [-0.1, -0.05) is 55.5 Å². The van der Waals surface area contributed by atoms with Crippen LogP contribution in [0.5, 0.6) is 0 Å². The summed E-state index contributed by atoms with van der Waals surface area (Å²) in [5, 5.41) is 2.85. The van der Waals surface area contributed by atoms with Crippen molar-refractivity contribution in [1.29, 1.82) is 0 Å². The van der Waals surface area contributed by atoms with Crippen molar-refractivity contribution in [1.82, 2.24) is 10.2 Å². The van der Waals surface area contributed by atoms with Gasteiger partial charge in [-0.15, -0.1) is 11.8 Å². The van der Waals surface area contributed by atoms with Crippen molar-refractivity contribution < 1.29 is 14.0 Å². The van der Waals surface area contributed by atoms with E-state index in [1.807, 2.05) is 37.3 Å². The average molecular weight is 403 g/mol. The quantitative estimate of drug-likeness (QED) is 0.653. The molecule has 0 radical (unpaired) electrons. The minimum absolute atomic E-state index is 0.135. The first kappa shape index (κ1) is 22.0. The number of hydrogen-bond donors (Lipinski definition) is 1. The number of thioether (sulfide) groups is 1. The molecule has 0 aliphatic rings. The number of carbonyl (C=O) groups is 2. The number of amides is 2. The van der Waals surface area contributed by atoms with Crippen molar-refractivity contribution in [2.45, 2.75) is 38.6 Å². The molecule has 1 unspecified atom stereocenters. The van der Waals surface area contributed by atoms with E-state index in [0.717, 1.165) is 12.0 Å². The van der Waals surface area contributed by atoms with E-state index in [1.165, 1.54) is 17.8 Å². The standard InChI is InChI=1S/C22H27FN2O2S/c1-3-13-24-22(27)17(2)25(14-18-9-5-4-6-10-18)21(26)16-28-15-19-11-7-8-12-20(19)23/h4-12,17H,3,13-16H2,1-2H3,(H,24,27). The first-order valence-electron chi connectivity index (χ1n) is 9.45. The van der Waals surface area contributed by atoms with Gasteiger partial charge in [0.05, 0.1) is 5.75 Å². The van der Waals surface area contributed by atoms with Crippen LogP contribution >= 0.6 is 11.8 Å². The molecule has 150 valence electrons. The zero-order valence-corrected chi connectivity index (χ0v) is 17.2. The number of hydrogen-bond acceptors (Lipinski definition) is 3. The highest BCUT2D eigenvalue weighted by Gasteiger charge is 2.25. The Morgan fingerprint density at radius 1 is 1.11 bits per heavy atom. The van der Waals surface area contributed by atoms with Crippen LogP contribution in [0.2, 0.25) is 0 Å². The van der Waals surface area contributed by atoms with E-state index in [4.69, 9.17) is 0 Å². The number of nitrogens with zero attached hydrogens (tertiary/aromatic N) is 1. The Balaban J connectivity index is 2.03. The molecular weight excluding hydrogens is 375 g/mol. The number of halogens is 1. The summed E-state index contributed by atoms with van der Waals surface area (Å²) in [4.78, 5) is 26.9. The van der Waals surface area contributed by atoms with Crippen LogP contribution in [0.1, 0.15) is 31.4 Å². The fourth-order valence-corrected chi connectivity index (χ4v) is 3.60. The van der Waals surface area contributed by atoms with Gasteiger partial charge >= 0.3 is 0 Å². The normalized spacial score (nSPS) is 11.7. The number of benzene rings is 2. The van der Waals surface area contributed by atoms with Crippen LogP contribution in [0.3, 0.4) is 0 Å². The molecule has 2 amide bonds. The summed E-state index contributed by atoms with van der Waals surface area (Å²) < 4.78 is 13.8. The topological polar surface area (TPSA) is 49.4 Å². The Hall–Kier alpha value is -2.34. The zero-order valence-electron chi connectivity index (χ0n) is 16.4. The summed E-state index contributed by atoms with van der Waals surface area (Å²) in [5.41, 5.74) is 1.54. The summed E-state index contributed by atoms with van der Waals surface area (Å²) in [6, 6.07) is 15.6. The van der Waals surface area contributed by atoms with Gasteiger partial charge in [-0.05, 0) is 30.5 Å². The third-order valence-corrected chi connectivity index (χ3v) is 5.32. The van der Waals surface area contributed by atoms with Crippen LogP contribution in [-0.2, 0) is 21.9 Å². The van der Waals surface area contributed by atoms with Crippen molar-refractivity contribution in [3.8, 4) is 0 Å². The maximum absolute atomic E-state index is 13.8. The van der Waals surface area contributed by atoms with E-state index in [2.05, 4.69) is 5.32 Å². The molecule has 0 aliphatic carbocycles. The lowest BCUT2D eigenvalue weighted by Gasteiger charge is -2.28. The number of nitrogens with one attached hydrogen (secondary N) is 1. The summed E-state index contributed by atoms with van der Waals surface area (Å²) in [5.74, 6) is 0.0334. The van der Waals surface area contributed by atoms with Gasteiger partial charge in [0.15, 0.2) is 0 Å². The highest BCUT2D eigenvalue weighted by Crippen LogP contribution is 2.17. The first-order chi connectivity index (χ1) is 13.5. The van der Waals surface area contributed by atoms with Gasteiger partial charge in [0.1, 0.15) is 11.9 Å². The largest absolute Gasteiger partial charge is 0.354 e. The number of carbonyl (C=O) groups excluding carboxylic acids is 2. The average Bonchev–Trinajstić information content (AvgIpc) is 2.71. The van der Waals surface area contributed by atoms with E-state index in [-0.39, 0.29) is 23.4 Å². The van der Waals surface area contributed by atoms with E-state index in [0.29, 0.717) is 24.4 Å². The maximum atomic E-state index is 13.8. The van der Waals surface area contributed by atoms with Crippen LogP contribution in [-0.4, -0.2) is 35.1 Å². The fourth-order valence-electron chi connectivity index (χ4n) is 2.71. The Morgan fingerprint density at radius 3 is 2.46 bits per heavy atom. The van der Waals surface area contributed by atoms with Crippen molar-refractivity contribution in [2.75, 3.05) is 12.3 Å². The lowest BCUT2D eigenvalue weighted by molar-refractivity contribution is -0.138. The van der Waals surface area contributed by atoms with Gasteiger partial charge in [-0.25, -0.2) is 4.39 Å².